The molecule has 0 rings (SSSR count). The van der Waals surface area contributed by atoms with Crippen molar-refractivity contribution in [1.82, 2.24) is 0 Å². The second kappa shape index (κ2) is 12.6. The average molecular weight is 321 g/mol. The fraction of sp³-hybridized carbons (Fsp3) is 1.00. The van der Waals surface area contributed by atoms with E-state index >= 15 is 0 Å². The van der Waals surface area contributed by atoms with E-state index in [1.807, 2.05) is 35.3 Å². The number of rotatable bonds is 10. The molecular formula is C9H20S6. The van der Waals surface area contributed by atoms with Gasteiger partial charge >= 0.3 is 0 Å². The molecule has 0 nitrogen and oxygen atoms in total. The normalized spacial score (nSPS) is 13.4. The smallest absolute Gasteiger partial charge is 0.0566 e. The lowest BCUT2D eigenvalue weighted by atomic mass is 10.5. The monoisotopic (exact) mass is 320 g/mol. The molecule has 0 aromatic rings. The van der Waals surface area contributed by atoms with E-state index in [4.69, 9.17) is 0 Å². The van der Waals surface area contributed by atoms with Crippen LogP contribution in [0.4, 0.5) is 0 Å². The molecule has 6 heteroatoms. The molecule has 0 radical (unpaired) electrons. The maximum Gasteiger partial charge on any atom is 0.0566 e. The van der Waals surface area contributed by atoms with Crippen LogP contribution in [0.15, 0.2) is 0 Å². The van der Waals surface area contributed by atoms with Gasteiger partial charge < -0.3 is 0 Å². The minimum Gasteiger partial charge on any atom is -0.173 e. The van der Waals surface area contributed by atoms with Crippen molar-refractivity contribution in [1.29, 1.82) is 0 Å². The van der Waals surface area contributed by atoms with Gasteiger partial charge in [0.25, 0.3) is 0 Å². The molecule has 0 saturated carbocycles. The molecule has 15 heavy (non-hydrogen) atoms. The first-order valence-corrected chi connectivity index (χ1v) is 9.97. The summed E-state index contributed by atoms with van der Waals surface area (Å²) in [5.41, 5.74) is 0. The molecule has 1 unspecified atom stereocenters. The summed E-state index contributed by atoms with van der Waals surface area (Å²) < 4.78 is 0.0921. The summed E-state index contributed by atoms with van der Waals surface area (Å²) in [5, 5.41) is 0.294. The molecule has 0 spiro atoms. The molecule has 92 valence electrons. The van der Waals surface area contributed by atoms with Gasteiger partial charge in [-0.2, -0.15) is 73.2 Å². The van der Waals surface area contributed by atoms with Crippen molar-refractivity contribution in [2.45, 2.75) is 16.8 Å². The van der Waals surface area contributed by atoms with Crippen LogP contribution in [0.25, 0.3) is 0 Å². The molecule has 0 heterocycles. The Morgan fingerprint density at radius 1 is 0.867 bits per heavy atom. The predicted molar refractivity (Wildman–Crippen MR) is 92.2 cm³/mol. The highest BCUT2D eigenvalue weighted by Gasteiger charge is 2.08. The fourth-order valence-electron chi connectivity index (χ4n) is 0.772. The van der Waals surface area contributed by atoms with Gasteiger partial charge in [-0.25, -0.2) is 0 Å². The van der Waals surface area contributed by atoms with E-state index in [0.717, 1.165) is 5.75 Å². The predicted octanol–water partition coefficient (Wildman–Crippen LogP) is 3.69. The SMILES string of the molecule is CCSCCSCCSCC(S)C(S)S. The Morgan fingerprint density at radius 2 is 1.40 bits per heavy atom. The first-order chi connectivity index (χ1) is 7.18. The average Bonchev–Trinajstić information content (AvgIpc) is 2.21. The van der Waals surface area contributed by atoms with Crippen molar-refractivity contribution in [3.8, 4) is 0 Å². The largest absolute Gasteiger partial charge is 0.173 e. The lowest BCUT2D eigenvalue weighted by Crippen LogP contribution is -2.12. The fourth-order valence-corrected chi connectivity index (χ4v) is 4.56. The van der Waals surface area contributed by atoms with Crippen LogP contribution in [-0.2, 0) is 0 Å². The van der Waals surface area contributed by atoms with Crippen LogP contribution in [0, 0.1) is 0 Å². The minimum atomic E-state index is 0.0921. The summed E-state index contributed by atoms with van der Waals surface area (Å²) in [6, 6.07) is 0. The highest BCUT2D eigenvalue weighted by Crippen LogP contribution is 2.18. The van der Waals surface area contributed by atoms with Crippen LogP contribution in [-0.4, -0.2) is 44.3 Å². The van der Waals surface area contributed by atoms with Gasteiger partial charge in [0.2, 0.25) is 0 Å². The topological polar surface area (TPSA) is 0 Å². The van der Waals surface area contributed by atoms with Gasteiger partial charge in [-0.15, -0.1) is 0 Å². The van der Waals surface area contributed by atoms with Crippen LogP contribution < -0.4 is 0 Å². The zero-order valence-electron chi connectivity index (χ0n) is 8.96. The summed E-state index contributed by atoms with van der Waals surface area (Å²) in [7, 11) is 0. The third-order valence-corrected chi connectivity index (χ3v) is 6.99. The van der Waals surface area contributed by atoms with Gasteiger partial charge in [0, 0.05) is 34.0 Å². The molecule has 0 N–H and O–H groups in total. The highest BCUT2D eigenvalue weighted by molar-refractivity contribution is 8.05. The van der Waals surface area contributed by atoms with Crippen LogP contribution in [0.1, 0.15) is 6.92 Å². The summed E-state index contributed by atoms with van der Waals surface area (Å²) in [6.45, 7) is 2.21. The van der Waals surface area contributed by atoms with E-state index < -0.39 is 0 Å². The molecule has 0 aliphatic heterocycles. The van der Waals surface area contributed by atoms with Gasteiger partial charge in [0.1, 0.15) is 0 Å². The summed E-state index contributed by atoms with van der Waals surface area (Å²) in [6.07, 6.45) is 0. The first kappa shape index (κ1) is 17.1. The Kier molecular flexibility index (Phi) is 14.3. The van der Waals surface area contributed by atoms with Gasteiger partial charge in [-0.3, -0.25) is 0 Å². The second-order valence-electron chi connectivity index (χ2n) is 2.87. The van der Waals surface area contributed by atoms with E-state index in [0.29, 0.717) is 5.25 Å². The minimum absolute atomic E-state index is 0.0921. The quantitative estimate of drug-likeness (QED) is 0.319. The maximum absolute atomic E-state index is 4.41. The Balaban J connectivity index is 3.05. The lowest BCUT2D eigenvalue weighted by Gasteiger charge is -2.12. The van der Waals surface area contributed by atoms with Crippen molar-refractivity contribution >= 4 is 73.2 Å². The van der Waals surface area contributed by atoms with E-state index in [9.17, 15) is 0 Å². The summed E-state index contributed by atoms with van der Waals surface area (Å²) in [5.74, 6) is 7.32. The Morgan fingerprint density at radius 3 is 1.93 bits per heavy atom. The molecule has 0 saturated heterocycles. The third-order valence-electron chi connectivity index (χ3n) is 1.58. The highest BCUT2D eigenvalue weighted by atomic mass is 32.2. The standard InChI is InChI=1S/C9H20S6/c1-2-13-3-4-14-5-6-15-7-8(10)9(11)12/h8-12H,2-7H2,1H3. The zero-order valence-corrected chi connectivity index (χ0v) is 14.1. The van der Waals surface area contributed by atoms with Crippen LogP contribution in [0.5, 0.6) is 0 Å². The van der Waals surface area contributed by atoms with Crippen molar-refractivity contribution < 1.29 is 0 Å². The van der Waals surface area contributed by atoms with Crippen molar-refractivity contribution in [3.05, 3.63) is 0 Å². The van der Waals surface area contributed by atoms with Crippen molar-refractivity contribution in [2.75, 3.05) is 34.5 Å². The van der Waals surface area contributed by atoms with Crippen molar-refractivity contribution in [2.24, 2.45) is 0 Å². The van der Waals surface area contributed by atoms with E-state index in [1.165, 1.54) is 28.8 Å². The van der Waals surface area contributed by atoms with Gasteiger partial charge in [0.15, 0.2) is 0 Å². The number of thiol groups is 3. The van der Waals surface area contributed by atoms with E-state index in [-0.39, 0.29) is 4.58 Å². The Hall–Kier alpha value is 2.10. The molecule has 1 atom stereocenters. The first-order valence-electron chi connectivity index (χ1n) is 4.96. The third kappa shape index (κ3) is 12.3. The molecule has 0 fully saturated rings. The molecule has 0 bridgehead atoms. The number of hydrogen-bond acceptors (Lipinski definition) is 6. The van der Waals surface area contributed by atoms with Crippen LogP contribution >= 0.6 is 73.2 Å². The lowest BCUT2D eigenvalue weighted by molar-refractivity contribution is 1.12. The zero-order chi connectivity index (χ0) is 11.5. The van der Waals surface area contributed by atoms with E-state index in [1.54, 1.807) is 0 Å². The molecule has 0 aliphatic carbocycles. The molecule has 0 aromatic heterocycles. The van der Waals surface area contributed by atoms with Crippen molar-refractivity contribution in [3.63, 3.8) is 0 Å². The van der Waals surface area contributed by atoms with Crippen LogP contribution in [0.2, 0.25) is 0 Å². The molecule has 0 aliphatic rings. The summed E-state index contributed by atoms with van der Waals surface area (Å²) >= 11 is 18.9. The number of hydrogen-bond donors (Lipinski definition) is 3. The van der Waals surface area contributed by atoms with Gasteiger partial charge in [-0.05, 0) is 5.75 Å². The Bertz CT molecular complexity index is 130. The molecule has 0 aromatic carbocycles. The number of thioether (sulfide) groups is 3. The van der Waals surface area contributed by atoms with Gasteiger partial charge in [0.05, 0.1) is 4.58 Å². The molecular weight excluding hydrogens is 301 g/mol. The van der Waals surface area contributed by atoms with Crippen LogP contribution in [0.3, 0.4) is 0 Å². The van der Waals surface area contributed by atoms with E-state index in [2.05, 4.69) is 44.8 Å². The maximum atomic E-state index is 4.41. The molecule has 0 amide bonds. The summed E-state index contributed by atoms with van der Waals surface area (Å²) in [4.78, 5) is 0. The Labute approximate surface area is 123 Å². The van der Waals surface area contributed by atoms with Gasteiger partial charge in [-0.1, -0.05) is 6.92 Å². The second-order valence-corrected chi connectivity index (χ2v) is 8.82.